The maximum atomic E-state index is 13.0. The summed E-state index contributed by atoms with van der Waals surface area (Å²) in [7, 11) is 1.25. The van der Waals surface area contributed by atoms with E-state index in [9.17, 15) is 14.0 Å². The van der Waals surface area contributed by atoms with Gasteiger partial charge in [0, 0.05) is 5.69 Å². The molecule has 0 saturated carbocycles. The molecule has 1 rings (SSSR count). The molecule has 0 aromatic heterocycles. The number of benzene rings is 1. The molecule has 0 fully saturated rings. The molecule has 0 spiro atoms. The van der Waals surface area contributed by atoms with Crippen LogP contribution in [0.5, 0.6) is 0 Å². The zero-order valence-electron chi connectivity index (χ0n) is 11.0. The van der Waals surface area contributed by atoms with Crippen molar-refractivity contribution in [3.05, 3.63) is 29.6 Å². The molecule has 0 heterocycles. The van der Waals surface area contributed by atoms with Crippen LogP contribution >= 0.6 is 0 Å². The lowest BCUT2D eigenvalue weighted by atomic mass is 9.95. The van der Waals surface area contributed by atoms with E-state index >= 15 is 0 Å². The SMILES string of the molecule is COC(=O)C(C)(C)COC(=O)c1cc(F)ccc1N. The van der Waals surface area contributed by atoms with Crippen molar-refractivity contribution in [2.24, 2.45) is 5.41 Å². The molecule has 0 aliphatic heterocycles. The number of nitrogens with two attached hydrogens (primary N) is 1. The smallest absolute Gasteiger partial charge is 0.340 e. The normalized spacial score (nSPS) is 10.9. The second-order valence-electron chi connectivity index (χ2n) is 4.68. The van der Waals surface area contributed by atoms with E-state index in [1.165, 1.54) is 13.2 Å². The minimum absolute atomic E-state index is 0.0688. The molecule has 0 atom stereocenters. The van der Waals surface area contributed by atoms with Crippen molar-refractivity contribution in [2.45, 2.75) is 13.8 Å². The molecule has 0 aliphatic carbocycles. The number of esters is 2. The monoisotopic (exact) mass is 269 g/mol. The third kappa shape index (κ3) is 3.67. The van der Waals surface area contributed by atoms with Crippen LogP contribution in [0.4, 0.5) is 10.1 Å². The summed E-state index contributed by atoms with van der Waals surface area (Å²) >= 11 is 0. The molecular formula is C13H16FNO4. The number of carbonyl (C=O) groups excluding carboxylic acids is 2. The van der Waals surface area contributed by atoms with E-state index in [1.54, 1.807) is 13.8 Å². The fourth-order valence-corrected chi connectivity index (χ4v) is 1.36. The van der Waals surface area contributed by atoms with Crippen LogP contribution in [-0.2, 0) is 14.3 Å². The lowest BCUT2D eigenvalue weighted by Gasteiger charge is -2.21. The van der Waals surface area contributed by atoms with Gasteiger partial charge in [0.25, 0.3) is 0 Å². The van der Waals surface area contributed by atoms with Crippen LogP contribution < -0.4 is 5.73 Å². The van der Waals surface area contributed by atoms with Gasteiger partial charge in [-0.25, -0.2) is 9.18 Å². The van der Waals surface area contributed by atoms with E-state index in [2.05, 4.69) is 4.74 Å². The molecular weight excluding hydrogens is 253 g/mol. The van der Waals surface area contributed by atoms with Gasteiger partial charge < -0.3 is 15.2 Å². The first-order chi connectivity index (χ1) is 8.77. The first kappa shape index (κ1) is 14.9. The minimum atomic E-state index is -0.980. The average Bonchev–Trinajstić information content (AvgIpc) is 2.37. The largest absolute Gasteiger partial charge is 0.469 e. The van der Waals surface area contributed by atoms with Gasteiger partial charge in [-0.1, -0.05) is 0 Å². The van der Waals surface area contributed by atoms with E-state index in [0.29, 0.717) is 0 Å². The maximum absolute atomic E-state index is 13.0. The second-order valence-corrected chi connectivity index (χ2v) is 4.68. The fourth-order valence-electron chi connectivity index (χ4n) is 1.36. The zero-order chi connectivity index (χ0) is 14.6. The van der Waals surface area contributed by atoms with Crippen LogP contribution in [0.3, 0.4) is 0 Å². The molecule has 0 aliphatic rings. The summed E-state index contributed by atoms with van der Waals surface area (Å²) in [5, 5.41) is 0. The fraction of sp³-hybridized carbons (Fsp3) is 0.385. The predicted octanol–water partition coefficient (Wildman–Crippen LogP) is 1.76. The van der Waals surface area contributed by atoms with Crippen molar-refractivity contribution in [2.75, 3.05) is 19.5 Å². The number of carbonyl (C=O) groups is 2. The first-order valence-electron chi connectivity index (χ1n) is 5.58. The van der Waals surface area contributed by atoms with Crippen molar-refractivity contribution in [1.82, 2.24) is 0 Å². The van der Waals surface area contributed by atoms with E-state index in [4.69, 9.17) is 10.5 Å². The van der Waals surface area contributed by atoms with Crippen LogP contribution in [0.15, 0.2) is 18.2 Å². The lowest BCUT2D eigenvalue weighted by molar-refractivity contribution is -0.152. The second kappa shape index (κ2) is 5.69. The standard InChI is InChI=1S/C13H16FNO4/c1-13(2,12(17)18-3)7-19-11(16)9-6-8(14)4-5-10(9)15/h4-6H,7,15H2,1-3H3. The van der Waals surface area contributed by atoms with E-state index in [1.807, 2.05) is 0 Å². The maximum Gasteiger partial charge on any atom is 0.340 e. The van der Waals surface area contributed by atoms with Crippen LogP contribution in [0.25, 0.3) is 0 Å². The van der Waals surface area contributed by atoms with E-state index < -0.39 is 23.2 Å². The molecule has 104 valence electrons. The summed E-state index contributed by atoms with van der Waals surface area (Å²) in [6, 6.07) is 3.41. The number of nitrogen functional groups attached to an aromatic ring is 1. The van der Waals surface area contributed by atoms with Gasteiger partial charge >= 0.3 is 11.9 Å². The van der Waals surface area contributed by atoms with E-state index in [0.717, 1.165) is 12.1 Å². The van der Waals surface area contributed by atoms with Crippen LogP contribution in [0, 0.1) is 11.2 Å². The van der Waals surface area contributed by atoms with E-state index in [-0.39, 0.29) is 17.9 Å². The van der Waals surface area contributed by atoms with Gasteiger partial charge in [-0.3, -0.25) is 4.79 Å². The quantitative estimate of drug-likeness (QED) is 0.665. The Kier molecular flexibility index (Phi) is 4.47. The average molecular weight is 269 g/mol. The number of rotatable bonds is 4. The molecule has 1 aromatic rings. The number of hydrogen-bond acceptors (Lipinski definition) is 5. The first-order valence-corrected chi connectivity index (χ1v) is 5.58. The van der Waals surface area contributed by atoms with Gasteiger partial charge in [-0.05, 0) is 32.0 Å². The lowest BCUT2D eigenvalue weighted by Crippen LogP contribution is -2.32. The van der Waals surface area contributed by atoms with Gasteiger partial charge in [-0.15, -0.1) is 0 Å². The van der Waals surface area contributed by atoms with Gasteiger partial charge in [0.2, 0.25) is 0 Å². The highest BCUT2D eigenvalue weighted by molar-refractivity contribution is 5.95. The topological polar surface area (TPSA) is 78.6 Å². The van der Waals surface area contributed by atoms with Gasteiger partial charge in [0.1, 0.15) is 12.4 Å². The molecule has 1 aromatic carbocycles. The van der Waals surface area contributed by atoms with Crippen molar-refractivity contribution < 1.29 is 23.5 Å². The highest BCUT2D eigenvalue weighted by Gasteiger charge is 2.31. The van der Waals surface area contributed by atoms with Crippen LogP contribution in [0.2, 0.25) is 0 Å². The highest BCUT2D eigenvalue weighted by Crippen LogP contribution is 2.20. The summed E-state index contributed by atoms with van der Waals surface area (Å²) in [4.78, 5) is 23.2. The van der Waals surface area contributed by atoms with Gasteiger partial charge in [0.05, 0.1) is 18.1 Å². The van der Waals surface area contributed by atoms with Crippen molar-refractivity contribution >= 4 is 17.6 Å². The molecule has 0 radical (unpaired) electrons. The highest BCUT2D eigenvalue weighted by atomic mass is 19.1. The Hall–Kier alpha value is -2.11. The Morgan fingerprint density at radius 2 is 2.00 bits per heavy atom. The Morgan fingerprint density at radius 1 is 1.37 bits per heavy atom. The predicted molar refractivity (Wildman–Crippen MR) is 66.9 cm³/mol. The molecule has 2 N–H and O–H groups in total. The summed E-state index contributed by atoms with van der Waals surface area (Å²) < 4.78 is 22.6. The third-order valence-corrected chi connectivity index (χ3v) is 2.54. The molecule has 0 saturated heterocycles. The Morgan fingerprint density at radius 3 is 2.58 bits per heavy atom. The number of anilines is 1. The Balaban J connectivity index is 2.76. The summed E-state index contributed by atoms with van der Waals surface area (Å²) in [6.07, 6.45) is 0. The third-order valence-electron chi connectivity index (χ3n) is 2.54. The Labute approximate surface area is 110 Å². The van der Waals surface area contributed by atoms with Gasteiger partial charge in [-0.2, -0.15) is 0 Å². The summed E-state index contributed by atoms with van der Waals surface area (Å²) in [5.41, 5.74) is 4.62. The number of methoxy groups -OCH3 is 1. The number of halogens is 1. The summed E-state index contributed by atoms with van der Waals surface area (Å²) in [6.45, 7) is 2.95. The van der Waals surface area contributed by atoms with Crippen molar-refractivity contribution in [1.29, 1.82) is 0 Å². The molecule has 0 unspecified atom stereocenters. The zero-order valence-corrected chi connectivity index (χ0v) is 11.0. The summed E-state index contributed by atoms with van der Waals surface area (Å²) in [5.74, 6) is -1.88. The Bertz CT molecular complexity index is 499. The molecule has 0 bridgehead atoms. The molecule has 0 amide bonds. The molecule has 19 heavy (non-hydrogen) atoms. The minimum Gasteiger partial charge on any atom is -0.469 e. The van der Waals surface area contributed by atoms with Crippen molar-refractivity contribution in [3.8, 4) is 0 Å². The van der Waals surface area contributed by atoms with Crippen LogP contribution in [0.1, 0.15) is 24.2 Å². The number of hydrogen-bond donors (Lipinski definition) is 1. The molecule has 5 nitrogen and oxygen atoms in total. The molecule has 6 heteroatoms. The van der Waals surface area contributed by atoms with Gasteiger partial charge in [0.15, 0.2) is 0 Å². The number of ether oxygens (including phenoxy) is 2. The van der Waals surface area contributed by atoms with Crippen LogP contribution in [-0.4, -0.2) is 25.7 Å². The van der Waals surface area contributed by atoms with Crippen molar-refractivity contribution in [3.63, 3.8) is 0 Å².